The van der Waals surface area contributed by atoms with Gasteiger partial charge in [0.05, 0.1) is 26.2 Å². The first-order valence-corrected chi connectivity index (χ1v) is 11.4. The lowest BCUT2D eigenvalue weighted by Crippen LogP contribution is -2.20. The first-order chi connectivity index (χ1) is 14.4. The highest BCUT2D eigenvalue weighted by Crippen LogP contribution is 2.31. The number of para-hydroxylation sites is 1. The van der Waals surface area contributed by atoms with E-state index < -0.39 is 21.9 Å². The molecule has 1 aromatic heterocycles. The number of sulfonamides is 1. The van der Waals surface area contributed by atoms with Crippen molar-refractivity contribution in [3.63, 3.8) is 0 Å². The van der Waals surface area contributed by atoms with Crippen LogP contribution in [0.1, 0.15) is 4.88 Å². The second-order valence-corrected chi connectivity index (χ2v) is 9.19. The van der Waals surface area contributed by atoms with Crippen molar-refractivity contribution in [3.8, 4) is 11.1 Å². The summed E-state index contributed by atoms with van der Waals surface area (Å²) in [5.41, 5.74) is 5.50. The monoisotopic (exact) mass is 485 g/mol. The SMILES string of the molecule is NC(=CC(=Nc1ccccc1Cl)c1cc(-c2ccc(S(N)(=O)=O)cc2)cs1)C(F)(F)F. The minimum absolute atomic E-state index is 0.0136. The number of nitrogens with zero attached hydrogens (tertiary/aromatic N) is 1. The summed E-state index contributed by atoms with van der Waals surface area (Å²) in [6.07, 6.45) is -3.96. The van der Waals surface area contributed by atoms with E-state index in [4.69, 9.17) is 22.5 Å². The third-order valence-electron chi connectivity index (χ3n) is 4.08. The van der Waals surface area contributed by atoms with Crippen molar-refractivity contribution < 1.29 is 21.6 Å². The van der Waals surface area contributed by atoms with Crippen LogP contribution in [0.4, 0.5) is 18.9 Å². The molecule has 4 N–H and O–H groups in total. The Bertz CT molecular complexity index is 1270. The Balaban J connectivity index is 2.05. The lowest BCUT2D eigenvalue weighted by Gasteiger charge is -2.07. The molecular weight excluding hydrogens is 471 g/mol. The van der Waals surface area contributed by atoms with Crippen LogP contribution in [0.3, 0.4) is 0 Å². The van der Waals surface area contributed by atoms with E-state index in [-0.39, 0.29) is 21.3 Å². The summed E-state index contributed by atoms with van der Waals surface area (Å²) in [5, 5.41) is 7.08. The van der Waals surface area contributed by atoms with Crippen LogP contribution in [0.5, 0.6) is 0 Å². The highest BCUT2D eigenvalue weighted by molar-refractivity contribution is 7.89. The predicted octanol–water partition coefficient (Wildman–Crippen LogP) is 5.24. The van der Waals surface area contributed by atoms with Gasteiger partial charge in [0.15, 0.2) is 0 Å². The van der Waals surface area contributed by atoms with Gasteiger partial charge in [0, 0.05) is 0 Å². The molecule has 0 unspecified atom stereocenters. The normalized spacial score (nSPS) is 13.5. The molecule has 0 aliphatic rings. The first kappa shape index (κ1) is 23.0. The zero-order valence-electron chi connectivity index (χ0n) is 15.6. The van der Waals surface area contributed by atoms with Gasteiger partial charge in [-0.25, -0.2) is 18.5 Å². The van der Waals surface area contributed by atoms with Gasteiger partial charge in [0.2, 0.25) is 10.0 Å². The van der Waals surface area contributed by atoms with Crippen LogP contribution in [-0.2, 0) is 10.0 Å². The largest absolute Gasteiger partial charge is 0.430 e. The van der Waals surface area contributed by atoms with E-state index in [2.05, 4.69) is 4.99 Å². The maximum absolute atomic E-state index is 13.0. The third-order valence-corrected chi connectivity index (χ3v) is 6.28. The number of nitrogens with two attached hydrogens (primary N) is 2. The van der Waals surface area contributed by atoms with E-state index in [0.717, 1.165) is 17.4 Å². The zero-order valence-corrected chi connectivity index (χ0v) is 18.0. The number of thiophene rings is 1. The van der Waals surface area contributed by atoms with Gasteiger partial charge < -0.3 is 5.73 Å². The summed E-state index contributed by atoms with van der Waals surface area (Å²) in [4.78, 5) is 4.65. The van der Waals surface area contributed by atoms with Crippen molar-refractivity contribution in [2.24, 2.45) is 15.9 Å². The molecule has 0 saturated heterocycles. The fourth-order valence-corrected chi connectivity index (χ4v) is 4.09. The van der Waals surface area contributed by atoms with Gasteiger partial charge in [0.1, 0.15) is 5.70 Å². The van der Waals surface area contributed by atoms with Crippen LogP contribution in [0.25, 0.3) is 11.1 Å². The fourth-order valence-electron chi connectivity index (χ4n) is 2.52. The third kappa shape index (κ3) is 5.73. The number of aliphatic imine (C=N–C) groups is 1. The maximum Gasteiger partial charge on any atom is 0.430 e. The highest BCUT2D eigenvalue weighted by atomic mass is 35.5. The van der Waals surface area contributed by atoms with Crippen molar-refractivity contribution in [2.45, 2.75) is 11.1 Å². The molecule has 0 fully saturated rings. The molecule has 31 heavy (non-hydrogen) atoms. The van der Waals surface area contributed by atoms with Gasteiger partial charge in [-0.3, -0.25) is 0 Å². The number of benzene rings is 2. The summed E-state index contributed by atoms with van der Waals surface area (Å²) < 4.78 is 61.9. The van der Waals surface area contributed by atoms with Gasteiger partial charge in [-0.15, -0.1) is 11.3 Å². The smallest absolute Gasteiger partial charge is 0.395 e. The Morgan fingerprint density at radius 1 is 1.06 bits per heavy atom. The van der Waals surface area contributed by atoms with Crippen molar-refractivity contribution in [2.75, 3.05) is 0 Å². The molecule has 162 valence electrons. The van der Waals surface area contributed by atoms with Crippen LogP contribution >= 0.6 is 22.9 Å². The van der Waals surface area contributed by atoms with E-state index in [0.29, 0.717) is 16.0 Å². The van der Waals surface area contributed by atoms with E-state index in [1.807, 2.05) is 0 Å². The molecule has 0 spiro atoms. The Kier molecular flexibility index (Phi) is 6.56. The Labute approximate surface area is 185 Å². The molecule has 0 radical (unpaired) electrons. The number of primary sulfonamides is 1. The number of hydrogen-bond acceptors (Lipinski definition) is 5. The molecule has 3 aromatic rings. The van der Waals surface area contributed by atoms with E-state index >= 15 is 0 Å². The lowest BCUT2D eigenvalue weighted by molar-refractivity contribution is -0.0925. The minimum Gasteiger partial charge on any atom is -0.395 e. The van der Waals surface area contributed by atoms with Crippen LogP contribution in [-0.4, -0.2) is 20.3 Å². The standard InChI is InChI=1S/C20H15ClF3N3O2S2/c21-15-3-1-2-4-16(15)27-17(10-19(25)20(22,23)24)18-9-13(11-30-18)12-5-7-14(8-6-12)31(26,28)29/h1-11H,25H2,(H2,26,28,29). The van der Waals surface area contributed by atoms with Crippen molar-refractivity contribution >= 4 is 44.4 Å². The molecule has 0 atom stereocenters. The van der Waals surface area contributed by atoms with Crippen LogP contribution in [0.15, 0.2) is 81.6 Å². The average molecular weight is 486 g/mol. The molecule has 2 aromatic carbocycles. The second kappa shape index (κ2) is 8.83. The molecular formula is C20H15ClF3N3O2S2. The highest BCUT2D eigenvalue weighted by Gasteiger charge is 2.32. The maximum atomic E-state index is 13.0. The topological polar surface area (TPSA) is 98.5 Å². The van der Waals surface area contributed by atoms with E-state index in [1.54, 1.807) is 47.8 Å². The summed E-state index contributed by atoms with van der Waals surface area (Å²) in [6, 6.07) is 13.9. The Morgan fingerprint density at radius 2 is 1.71 bits per heavy atom. The first-order valence-electron chi connectivity index (χ1n) is 8.55. The molecule has 0 bridgehead atoms. The Hall–Kier alpha value is -2.66. The van der Waals surface area contributed by atoms with Crippen LogP contribution < -0.4 is 10.9 Å². The molecule has 11 heteroatoms. The average Bonchev–Trinajstić information content (AvgIpc) is 3.18. The summed E-state index contributed by atoms with van der Waals surface area (Å²) in [7, 11) is -3.83. The van der Waals surface area contributed by atoms with Crippen LogP contribution in [0.2, 0.25) is 5.02 Å². The summed E-state index contributed by atoms with van der Waals surface area (Å²) in [6.45, 7) is 0. The Morgan fingerprint density at radius 3 is 2.29 bits per heavy atom. The van der Waals surface area contributed by atoms with Gasteiger partial charge in [-0.1, -0.05) is 35.9 Å². The molecule has 0 saturated carbocycles. The quantitative estimate of drug-likeness (QED) is 0.483. The minimum atomic E-state index is -4.72. The molecule has 0 aliphatic heterocycles. The van der Waals surface area contributed by atoms with Crippen molar-refractivity contribution in [3.05, 3.63) is 81.7 Å². The molecule has 1 heterocycles. The molecule has 0 amide bonds. The van der Waals surface area contributed by atoms with Gasteiger partial charge in [0.25, 0.3) is 0 Å². The number of rotatable bonds is 5. The van der Waals surface area contributed by atoms with Gasteiger partial charge in [-0.05, 0) is 52.9 Å². The number of halogens is 4. The number of allylic oxidation sites excluding steroid dienone is 2. The van der Waals surface area contributed by atoms with Gasteiger partial charge in [-0.2, -0.15) is 13.2 Å². The lowest BCUT2D eigenvalue weighted by atomic mass is 10.1. The molecule has 3 rings (SSSR count). The zero-order chi connectivity index (χ0) is 22.8. The summed E-state index contributed by atoms with van der Waals surface area (Å²) in [5.74, 6) is 0. The number of hydrogen-bond donors (Lipinski definition) is 2. The fraction of sp³-hybridized carbons (Fsp3) is 0.0500. The number of alkyl halides is 3. The summed E-state index contributed by atoms with van der Waals surface area (Å²) >= 11 is 7.25. The van der Waals surface area contributed by atoms with Gasteiger partial charge >= 0.3 is 6.18 Å². The molecule has 0 aliphatic carbocycles. The van der Waals surface area contributed by atoms with Crippen LogP contribution in [0, 0.1) is 0 Å². The second-order valence-electron chi connectivity index (χ2n) is 6.31. The van der Waals surface area contributed by atoms with E-state index in [9.17, 15) is 21.6 Å². The van der Waals surface area contributed by atoms with Crippen molar-refractivity contribution in [1.29, 1.82) is 0 Å². The predicted molar refractivity (Wildman–Crippen MR) is 117 cm³/mol. The molecule has 5 nitrogen and oxygen atoms in total. The van der Waals surface area contributed by atoms with Crippen molar-refractivity contribution in [1.82, 2.24) is 0 Å². The van der Waals surface area contributed by atoms with E-state index in [1.165, 1.54) is 12.1 Å².